The number of aromatic nitrogens is 3. The van der Waals surface area contributed by atoms with Crippen LogP contribution in [0.1, 0.15) is 11.1 Å². The van der Waals surface area contributed by atoms with Crippen LogP contribution < -0.4 is 5.32 Å². The molecule has 4 rings (SSSR count). The second-order valence-electron chi connectivity index (χ2n) is 6.37. The fourth-order valence-electron chi connectivity index (χ4n) is 2.94. The van der Waals surface area contributed by atoms with Gasteiger partial charge in [0.25, 0.3) is 0 Å². The minimum absolute atomic E-state index is 0.107. The van der Waals surface area contributed by atoms with E-state index < -0.39 is 0 Å². The van der Waals surface area contributed by atoms with Crippen molar-refractivity contribution in [3.63, 3.8) is 0 Å². The van der Waals surface area contributed by atoms with Crippen LogP contribution in [-0.2, 0) is 4.79 Å². The van der Waals surface area contributed by atoms with Crippen molar-refractivity contribution >= 4 is 56.9 Å². The van der Waals surface area contributed by atoms with Gasteiger partial charge < -0.3 is 10.3 Å². The maximum absolute atomic E-state index is 12.4. The highest BCUT2D eigenvalue weighted by atomic mass is 35.5. The van der Waals surface area contributed by atoms with Crippen molar-refractivity contribution < 1.29 is 4.79 Å². The summed E-state index contributed by atoms with van der Waals surface area (Å²) in [5.74, 6) is 0.135. The summed E-state index contributed by atoms with van der Waals surface area (Å²) in [4.78, 5) is 24.5. The number of hydrogen-bond donors (Lipinski definition) is 2. The molecule has 0 unspecified atom stereocenters. The summed E-state index contributed by atoms with van der Waals surface area (Å²) in [5.41, 5.74) is 5.60. The van der Waals surface area contributed by atoms with Crippen molar-refractivity contribution in [2.24, 2.45) is 0 Å². The number of amides is 1. The number of aromatic amines is 1. The number of H-pyrrole nitrogens is 1. The Kier molecular flexibility index (Phi) is 4.76. The third-order valence-electron chi connectivity index (χ3n) is 4.32. The molecule has 0 radical (unpaired) electrons. The molecule has 2 aromatic heterocycles. The predicted molar refractivity (Wildman–Crippen MR) is 112 cm³/mol. The highest BCUT2D eigenvalue weighted by Gasteiger charge is 2.13. The Morgan fingerprint density at radius 2 is 2.04 bits per heavy atom. The first-order chi connectivity index (χ1) is 13.0. The Labute approximate surface area is 165 Å². The highest BCUT2D eigenvalue weighted by molar-refractivity contribution is 8.00. The van der Waals surface area contributed by atoms with E-state index in [4.69, 9.17) is 11.6 Å². The third kappa shape index (κ3) is 3.63. The van der Waals surface area contributed by atoms with Gasteiger partial charge in [-0.05, 0) is 43.7 Å². The maximum atomic E-state index is 12.4. The van der Waals surface area contributed by atoms with Crippen molar-refractivity contribution in [1.82, 2.24) is 15.0 Å². The molecule has 0 atom stereocenters. The molecule has 4 aromatic rings. The summed E-state index contributed by atoms with van der Waals surface area (Å²) >= 11 is 7.39. The lowest BCUT2D eigenvalue weighted by Crippen LogP contribution is -2.15. The molecule has 136 valence electrons. The monoisotopic (exact) mass is 396 g/mol. The zero-order valence-electron chi connectivity index (χ0n) is 14.8. The largest absolute Gasteiger partial charge is 0.351 e. The summed E-state index contributed by atoms with van der Waals surface area (Å²) in [5, 5.41) is 5.32. The first-order valence-corrected chi connectivity index (χ1v) is 9.79. The van der Waals surface area contributed by atoms with E-state index in [0.717, 1.165) is 38.2 Å². The molecule has 0 aliphatic carbocycles. The molecular weight excluding hydrogens is 380 g/mol. The molecule has 2 N–H and O–H groups in total. The highest BCUT2D eigenvalue weighted by Crippen LogP contribution is 2.30. The molecule has 27 heavy (non-hydrogen) atoms. The Hall–Kier alpha value is -2.57. The van der Waals surface area contributed by atoms with Crippen LogP contribution in [0.2, 0.25) is 5.02 Å². The Morgan fingerprint density at radius 3 is 2.89 bits per heavy atom. The van der Waals surface area contributed by atoms with Crippen molar-refractivity contribution in [3.8, 4) is 0 Å². The van der Waals surface area contributed by atoms with E-state index in [2.05, 4.69) is 39.3 Å². The lowest BCUT2D eigenvalue weighted by molar-refractivity contribution is -0.113. The molecule has 0 aliphatic heterocycles. The SMILES string of the molecule is Cc1ccc2[nH]c3c(SCC(=O)Nc4cc(Cl)ccc4C)ncnc3c2c1. The van der Waals surface area contributed by atoms with Gasteiger partial charge in [-0.25, -0.2) is 9.97 Å². The number of aryl methyl sites for hydroxylation is 2. The summed E-state index contributed by atoms with van der Waals surface area (Å²) in [6, 6.07) is 11.6. The number of anilines is 1. The molecule has 7 heteroatoms. The van der Waals surface area contributed by atoms with E-state index in [9.17, 15) is 4.79 Å². The summed E-state index contributed by atoms with van der Waals surface area (Å²) in [6.45, 7) is 3.98. The predicted octanol–water partition coefficient (Wildman–Crippen LogP) is 5.11. The molecule has 2 heterocycles. The zero-order valence-corrected chi connectivity index (χ0v) is 16.4. The van der Waals surface area contributed by atoms with Gasteiger partial charge in [-0.1, -0.05) is 41.1 Å². The number of nitrogens with one attached hydrogen (secondary N) is 2. The van der Waals surface area contributed by atoms with Gasteiger partial charge in [0.2, 0.25) is 5.91 Å². The van der Waals surface area contributed by atoms with Gasteiger partial charge in [0.1, 0.15) is 16.9 Å². The molecule has 0 fully saturated rings. The quantitative estimate of drug-likeness (QED) is 0.371. The fraction of sp³-hybridized carbons (Fsp3) is 0.150. The Bertz CT molecular complexity index is 1170. The number of carbonyl (C=O) groups is 1. The molecule has 0 aliphatic rings. The zero-order chi connectivity index (χ0) is 19.0. The minimum atomic E-state index is -0.107. The van der Waals surface area contributed by atoms with Crippen molar-refractivity contribution in [2.75, 3.05) is 11.1 Å². The van der Waals surface area contributed by atoms with E-state index in [-0.39, 0.29) is 11.7 Å². The summed E-state index contributed by atoms with van der Waals surface area (Å²) in [6.07, 6.45) is 1.54. The number of halogens is 1. The van der Waals surface area contributed by atoms with Gasteiger partial charge in [0, 0.05) is 21.6 Å². The number of carbonyl (C=O) groups excluding carboxylic acids is 1. The second-order valence-corrected chi connectivity index (χ2v) is 7.77. The van der Waals surface area contributed by atoms with Crippen molar-refractivity contribution in [2.45, 2.75) is 18.9 Å². The van der Waals surface area contributed by atoms with Crippen LogP contribution in [0.15, 0.2) is 47.8 Å². The number of fused-ring (bicyclic) bond motifs is 3. The van der Waals surface area contributed by atoms with Crippen LogP contribution in [0.3, 0.4) is 0 Å². The fourth-order valence-corrected chi connectivity index (χ4v) is 3.87. The number of benzene rings is 2. The molecular formula is C20H17ClN4OS. The van der Waals surface area contributed by atoms with Gasteiger partial charge in [-0.2, -0.15) is 0 Å². The van der Waals surface area contributed by atoms with Gasteiger partial charge in [0.15, 0.2) is 0 Å². The smallest absolute Gasteiger partial charge is 0.234 e. The van der Waals surface area contributed by atoms with Gasteiger partial charge >= 0.3 is 0 Å². The van der Waals surface area contributed by atoms with Crippen LogP contribution in [-0.4, -0.2) is 26.6 Å². The van der Waals surface area contributed by atoms with E-state index in [1.54, 1.807) is 18.5 Å². The molecule has 0 saturated carbocycles. The van der Waals surface area contributed by atoms with Gasteiger partial charge in [-0.3, -0.25) is 4.79 Å². The van der Waals surface area contributed by atoms with E-state index in [0.29, 0.717) is 5.02 Å². The van der Waals surface area contributed by atoms with Crippen molar-refractivity contribution in [1.29, 1.82) is 0 Å². The van der Waals surface area contributed by atoms with Crippen LogP contribution in [0.25, 0.3) is 21.9 Å². The third-order valence-corrected chi connectivity index (χ3v) is 5.54. The molecule has 0 spiro atoms. The first kappa shape index (κ1) is 17.8. The molecule has 2 aromatic carbocycles. The van der Waals surface area contributed by atoms with Crippen LogP contribution in [0, 0.1) is 13.8 Å². The first-order valence-electron chi connectivity index (χ1n) is 8.43. The summed E-state index contributed by atoms with van der Waals surface area (Å²) < 4.78 is 0. The number of thioether (sulfide) groups is 1. The molecule has 0 bridgehead atoms. The standard InChI is InChI=1S/C20H17ClN4OS/c1-11-3-6-15-14(7-11)18-19(25-15)20(23-10-22-18)27-9-17(26)24-16-8-13(21)5-4-12(16)2/h3-8,10,25H,9H2,1-2H3,(H,24,26). The van der Waals surface area contributed by atoms with Crippen molar-refractivity contribution in [3.05, 3.63) is 58.9 Å². The molecule has 0 saturated heterocycles. The number of rotatable bonds is 4. The van der Waals surface area contributed by atoms with E-state index >= 15 is 0 Å². The van der Waals surface area contributed by atoms with E-state index in [1.807, 2.05) is 19.1 Å². The summed E-state index contributed by atoms with van der Waals surface area (Å²) in [7, 11) is 0. The second kappa shape index (κ2) is 7.21. The van der Waals surface area contributed by atoms with Gasteiger partial charge in [0.05, 0.1) is 11.3 Å². The number of nitrogens with zero attached hydrogens (tertiary/aromatic N) is 2. The lowest BCUT2D eigenvalue weighted by atomic mass is 10.2. The maximum Gasteiger partial charge on any atom is 0.234 e. The van der Waals surface area contributed by atoms with E-state index in [1.165, 1.54) is 17.3 Å². The average Bonchev–Trinajstić information content (AvgIpc) is 3.01. The van der Waals surface area contributed by atoms with Gasteiger partial charge in [-0.15, -0.1) is 0 Å². The molecule has 5 nitrogen and oxygen atoms in total. The van der Waals surface area contributed by atoms with Crippen LogP contribution >= 0.6 is 23.4 Å². The Morgan fingerprint density at radius 1 is 1.19 bits per heavy atom. The van der Waals surface area contributed by atoms with Crippen LogP contribution in [0.4, 0.5) is 5.69 Å². The minimum Gasteiger partial charge on any atom is -0.351 e. The topological polar surface area (TPSA) is 70.7 Å². The number of hydrogen-bond acceptors (Lipinski definition) is 4. The lowest BCUT2D eigenvalue weighted by Gasteiger charge is -2.08. The van der Waals surface area contributed by atoms with Crippen LogP contribution in [0.5, 0.6) is 0 Å². The normalized spacial score (nSPS) is 11.2. The Balaban J connectivity index is 1.56. The average molecular weight is 397 g/mol. The molecule has 1 amide bonds.